The summed E-state index contributed by atoms with van der Waals surface area (Å²) in [7, 11) is 0. The lowest BCUT2D eigenvalue weighted by molar-refractivity contribution is 0.590. The fourth-order valence-electron chi connectivity index (χ4n) is 1.84. The molecule has 18 heavy (non-hydrogen) atoms. The molecule has 0 heterocycles. The molecule has 0 fully saturated rings. The molecule has 2 aromatic rings. The number of hydrogen-bond acceptors (Lipinski definition) is 0. The van der Waals surface area contributed by atoms with Gasteiger partial charge >= 0.3 is 0 Å². The molecule has 0 unspecified atom stereocenters. The highest BCUT2D eigenvalue weighted by Gasteiger charge is 2.14. The zero-order valence-electron chi connectivity index (χ0n) is 10.8. The van der Waals surface area contributed by atoms with Gasteiger partial charge in [0.05, 0.1) is 5.02 Å². The van der Waals surface area contributed by atoms with Gasteiger partial charge in [-0.1, -0.05) is 62.7 Å². The van der Waals surface area contributed by atoms with E-state index in [-0.39, 0.29) is 16.3 Å². The minimum absolute atomic E-state index is 0.0971. The van der Waals surface area contributed by atoms with Crippen LogP contribution in [0.1, 0.15) is 26.3 Å². The van der Waals surface area contributed by atoms with Gasteiger partial charge in [-0.2, -0.15) is 0 Å². The molecule has 0 aliphatic heterocycles. The van der Waals surface area contributed by atoms with Gasteiger partial charge in [-0.25, -0.2) is 4.39 Å². The van der Waals surface area contributed by atoms with Crippen molar-refractivity contribution >= 4 is 11.6 Å². The Morgan fingerprint density at radius 1 is 0.944 bits per heavy atom. The van der Waals surface area contributed by atoms with Crippen LogP contribution >= 0.6 is 11.6 Å². The van der Waals surface area contributed by atoms with Crippen molar-refractivity contribution < 1.29 is 4.39 Å². The quantitative estimate of drug-likeness (QED) is 0.642. The molecule has 0 amide bonds. The van der Waals surface area contributed by atoms with E-state index >= 15 is 0 Å². The summed E-state index contributed by atoms with van der Waals surface area (Å²) < 4.78 is 13.2. The van der Waals surface area contributed by atoms with Crippen molar-refractivity contribution in [1.29, 1.82) is 0 Å². The SMILES string of the molecule is CC(C)(C)c1cccc(-c2ccc(F)c(Cl)c2)c1. The summed E-state index contributed by atoms with van der Waals surface area (Å²) in [6, 6.07) is 13.1. The Kier molecular flexibility index (Phi) is 3.45. The van der Waals surface area contributed by atoms with Gasteiger partial charge in [0.1, 0.15) is 5.82 Å². The minimum Gasteiger partial charge on any atom is -0.205 e. The maximum absolute atomic E-state index is 13.2. The van der Waals surface area contributed by atoms with Crippen LogP contribution < -0.4 is 0 Å². The fraction of sp³-hybridized carbons (Fsp3) is 0.250. The molecule has 0 aromatic heterocycles. The Morgan fingerprint density at radius 3 is 2.22 bits per heavy atom. The van der Waals surface area contributed by atoms with E-state index in [1.807, 2.05) is 12.1 Å². The van der Waals surface area contributed by atoms with Crippen LogP contribution in [0.3, 0.4) is 0 Å². The molecule has 2 rings (SSSR count). The Labute approximate surface area is 112 Å². The van der Waals surface area contributed by atoms with Crippen molar-refractivity contribution in [2.75, 3.05) is 0 Å². The molecular formula is C16H16ClF. The summed E-state index contributed by atoms with van der Waals surface area (Å²) in [4.78, 5) is 0. The largest absolute Gasteiger partial charge is 0.205 e. The van der Waals surface area contributed by atoms with Crippen LogP contribution in [-0.4, -0.2) is 0 Å². The third kappa shape index (κ3) is 2.73. The Morgan fingerprint density at radius 2 is 1.61 bits per heavy atom. The van der Waals surface area contributed by atoms with Crippen LogP contribution in [0.5, 0.6) is 0 Å². The maximum Gasteiger partial charge on any atom is 0.141 e. The van der Waals surface area contributed by atoms with Crippen molar-refractivity contribution in [3.8, 4) is 11.1 Å². The van der Waals surface area contributed by atoms with Crippen molar-refractivity contribution in [2.24, 2.45) is 0 Å². The van der Waals surface area contributed by atoms with Gasteiger partial charge < -0.3 is 0 Å². The Hall–Kier alpha value is -1.34. The zero-order valence-corrected chi connectivity index (χ0v) is 11.6. The highest BCUT2D eigenvalue weighted by molar-refractivity contribution is 6.31. The van der Waals surface area contributed by atoms with Crippen molar-refractivity contribution in [2.45, 2.75) is 26.2 Å². The van der Waals surface area contributed by atoms with Crippen molar-refractivity contribution in [3.05, 3.63) is 58.9 Å². The Balaban J connectivity index is 2.48. The van der Waals surface area contributed by atoms with Gasteiger partial charge in [0.15, 0.2) is 0 Å². The predicted molar refractivity (Wildman–Crippen MR) is 75.5 cm³/mol. The smallest absolute Gasteiger partial charge is 0.141 e. The predicted octanol–water partition coefficient (Wildman–Crippen LogP) is 5.44. The molecule has 0 spiro atoms. The van der Waals surface area contributed by atoms with E-state index in [0.29, 0.717) is 0 Å². The van der Waals surface area contributed by atoms with E-state index in [1.165, 1.54) is 11.6 Å². The van der Waals surface area contributed by atoms with E-state index in [4.69, 9.17) is 11.6 Å². The lowest BCUT2D eigenvalue weighted by Gasteiger charge is -2.19. The van der Waals surface area contributed by atoms with E-state index in [0.717, 1.165) is 11.1 Å². The van der Waals surface area contributed by atoms with Gasteiger partial charge in [-0.05, 0) is 34.2 Å². The van der Waals surface area contributed by atoms with E-state index in [2.05, 4.69) is 32.9 Å². The molecule has 0 saturated carbocycles. The molecule has 0 aliphatic rings. The van der Waals surface area contributed by atoms with E-state index < -0.39 is 0 Å². The number of hydrogen-bond donors (Lipinski definition) is 0. The molecule has 2 aromatic carbocycles. The standard InChI is InChI=1S/C16H16ClF/c1-16(2,3)13-6-4-5-11(9-13)12-7-8-15(18)14(17)10-12/h4-10H,1-3H3. The first-order chi connectivity index (χ1) is 8.38. The molecule has 0 atom stereocenters. The van der Waals surface area contributed by atoms with E-state index in [1.54, 1.807) is 12.1 Å². The van der Waals surface area contributed by atoms with Crippen LogP contribution in [0, 0.1) is 5.82 Å². The first kappa shape index (κ1) is 13.1. The number of rotatable bonds is 1. The first-order valence-corrected chi connectivity index (χ1v) is 6.32. The molecule has 0 nitrogen and oxygen atoms in total. The second-order valence-corrected chi connectivity index (χ2v) is 5.87. The van der Waals surface area contributed by atoms with Crippen LogP contribution in [-0.2, 0) is 5.41 Å². The molecule has 0 bridgehead atoms. The zero-order chi connectivity index (χ0) is 13.3. The summed E-state index contributed by atoms with van der Waals surface area (Å²) in [5, 5.41) is 0.161. The topological polar surface area (TPSA) is 0 Å². The van der Waals surface area contributed by atoms with E-state index in [9.17, 15) is 4.39 Å². The summed E-state index contributed by atoms with van der Waals surface area (Å²) >= 11 is 5.82. The summed E-state index contributed by atoms with van der Waals surface area (Å²) in [5.41, 5.74) is 3.34. The fourth-order valence-corrected chi connectivity index (χ4v) is 2.02. The summed E-state index contributed by atoms with van der Waals surface area (Å²) in [6.45, 7) is 6.51. The molecule has 0 aliphatic carbocycles. The average Bonchev–Trinajstić information content (AvgIpc) is 2.32. The van der Waals surface area contributed by atoms with Crippen LogP contribution in [0.15, 0.2) is 42.5 Å². The third-order valence-corrected chi connectivity index (χ3v) is 3.27. The van der Waals surface area contributed by atoms with Gasteiger partial charge in [-0.15, -0.1) is 0 Å². The average molecular weight is 263 g/mol. The van der Waals surface area contributed by atoms with Gasteiger partial charge in [-0.3, -0.25) is 0 Å². The van der Waals surface area contributed by atoms with Crippen LogP contribution in [0.4, 0.5) is 4.39 Å². The monoisotopic (exact) mass is 262 g/mol. The highest BCUT2D eigenvalue weighted by Crippen LogP contribution is 2.29. The number of benzene rings is 2. The van der Waals surface area contributed by atoms with Gasteiger partial charge in [0.2, 0.25) is 0 Å². The van der Waals surface area contributed by atoms with Crippen LogP contribution in [0.2, 0.25) is 5.02 Å². The molecule has 94 valence electrons. The second-order valence-electron chi connectivity index (χ2n) is 5.46. The third-order valence-electron chi connectivity index (χ3n) is 2.98. The molecule has 0 saturated heterocycles. The van der Waals surface area contributed by atoms with Crippen LogP contribution in [0.25, 0.3) is 11.1 Å². The first-order valence-electron chi connectivity index (χ1n) is 5.94. The Bertz CT molecular complexity index is 568. The number of halogens is 2. The lowest BCUT2D eigenvalue weighted by atomic mass is 9.85. The highest BCUT2D eigenvalue weighted by atomic mass is 35.5. The molecule has 2 heteroatoms. The normalized spacial score (nSPS) is 11.6. The summed E-state index contributed by atoms with van der Waals surface area (Å²) in [5.74, 6) is -0.382. The van der Waals surface area contributed by atoms with Gasteiger partial charge in [0.25, 0.3) is 0 Å². The van der Waals surface area contributed by atoms with Crippen molar-refractivity contribution in [1.82, 2.24) is 0 Å². The minimum atomic E-state index is -0.382. The van der Waals surface area contributed by atoms with Gasteiger partial charge in [0, 0.05) is 0 Å². The lowest BCUT2D eigenvalue weighted by Crippen LogP contribution is -2.10. The van der Waals surface area contributed by atoms with Crippen molar-refractivity contribution in [3.63, 3.8) is 0 Å². The molecule has 0 radical (unpaired) electrons. The second kappa shape index (κ2) is 4.74. The maximum atomic E-state index is 13.2. The summed E-state index contributed by atoms with van der Waals surface area (Å²) in [6.07, 6.45) is 0. The molecule has 0 N–H and O–H groups in total. The molecular weight excluding hydrogens is 247 g/mol.